The molecule has 0 aromatic heterocycles. The SMILES string of the molecule is CCCC1NC(=O)C(CC(=O)C(C)NC(=O)CC)CC2(CS/C=C\NC(=O)C(CO)NC(=O)C(CCC(N)=O)NC2=O)NC(=O)CNC1=O. The normalized spacial score (nSPS) is 27.1. The summed E-state index contributed by atoms with van der Waals surface area (Å²) in [6.45, 7) is 3.42. The molecule has 8 amide bonds. The molecule has 10 N–H and O–H groups in total. The number of amides is 8. The van der Waals surface area contributed by atoms with Gasteiger partial charge in [-0.05, 0) is 31.6 Å². The van der Waals surface area contributed by atoms with E-state index in [4.69, 9.17) is 5.73 Å². The number of carbonyl (C=O) groups excluding carboxylic acids is 9. The minimum absolute atomic E-state index is 0.0966. The van der Waals surface area contributed by atoms with Crippen molar-refractivity contribution in [2.24, 2.45) is 11.7 Å². The summed E-state index contributed by atoms with van der Waals surface area (Å²) in [7, 11) is 0. The van der Waals surface area contributed by atoms with Crippen LogP contribution in [0, 0.1) is 5.92 Å². The molecule has 0 bridgehead atoms. The van der Waals surface area contributed by atoms with Crippen molar-refractivity contribution in [1.29, 1.82) is 0 Å². The Balaban J connectivity index is 2.69. The third-order valence-corrected chi connectivity index (χ3v) is 8.87. The van der Waals surface area contributed by atoms with Gasteiger partial charge in [0.15, 0.2) is 5.78 Å². The molecule has 6 atom stereocenters. The van der Waals surface area contributed by atoms with Gasteiger partial charge in [-0.15, -0.1) is 11.8 Å². The topological polar surface area (TPSA) is 284 Å². The van der Waals surface area contributed by atoms with Gasteiger partial charge in [0.05, 0.1) is 19.2 Å². The minimum atomic E-state index is -2.04. The monoisotopic (exact) mass is 710 g/mol. The summed E-state index contributed by atoms with van der Waals surface area (Å²) < 4.78 is 0. The molecule has 0 aromatic rings. The number of Topliss-reactive ketones (excluding diaryl/α,β-unsaturated/α-hetero) is 1. The van der Waals surface area contributed by atoms with Crippen LogP contribution in [0.4, 0.5) is 0 Å². The molecule has 2 heterocycles. The Kier molecular flexibility index (Phi) is 16.2. The molecule has 2 aliphatic rings. The lowest BCUT2D eigenvalue weighted by atomic mass is 9.83. The lowest BCUT2D eigenvalue weighted by molar-refractivity contribution is -0.138. The maximum Gasteiger partial charge on any atom is 0.248 e. The molecule has 49 heavy (non-hydrogen) atoms. The summed E-state index contributed by atoms with van der Waals surface area (Å²) in [6.07, 6.45) is 0.217. The molecule has 19 heteroatoms. The van der Waals surface area contributed by atoms with Crippen molar-refractivity contribution in [3.05, 3.63) is 11.6 Å². The van der Waals surface area contributed by atoms with Crippen LogP contribution in [0.5, 0.6) is 0 Å². The minimum Gasteiger partial charge on any atom is -0.394 e. The zero-order valence-electron chi connectivity index (χ0n) is 27.7. The largest absolute Gasteiger partial charge is 0.394 e. The fourth-order valence-electron chi connectivity index (χ4n) is 5.11. The molecule has 1 fully saturated rings. The number of ketones is 1. The van der Waals surface area contributed by atoms with Gasteiger partial charge in [-0.2, -0.15) is 0 Å². The number of hydrogen-bond donors (Lipinski definition) is 9. The molecular weight excluding hydrogens is 664 g/mol. The molecule has 272 valence electrons. The number of nitrogens with two attached hydrogens (primary N) is 1. The maximum atomic E-state index is 14.3. The third-order valence-electron chi connectivity index (χ3n) is 7.88. The average molecular weight is 711 g/mol. The van der Waals surface area contributed by atoms with E-state index in [0.29, 0.717) is 6.42 Å². The van der Waals surface area contributed by atoms with Crippen LogP contribution < -0.4 is 43.0 Å². The first-order chi connectivity index (χ1) is 23.2. The first-order valence-corrected chi connectivity index (χ1v) is 17.0. The number of carbonyl (C=O) groups is 9. The van der Waals surface area contributed by atoms with Crippen LogP contribution in [-0.4, -0.2) is 107 Å². The zero-order valence-corrected chi connectivity index (χ0v) is 28.5. The van der Waals surface area contributed by atoms with E-state index in [9.17, 15) is 48.3 Å². The molecule has 2 aliphatic heterocycles. The fourth-order valence-corrected chi connectivity index (χ4v) is 5.97. The zero-order chi connectivity index (χ0) is 36.7. The molecule has 0 saturated carbocycles. The number of thioether (sulfide) groups is 1. The van der Waals surface area contributed by atoms with Crippen LogP contribution in [0.25, 0.3) is 0 Å². The van der Waals surface area contributed by atoms with E-state index in [0.717, 1.165) is 11.8 Å². The lowest BCUT2D eigenvalue weighted by Gasteiger charge is -2.36. The highest BCUT2D eigenvalue weighted by Crippen LogP contribution is 2.28. The molecule has 2 rings (SSSR count). The van der Waals surface area contributed by atoms with Crippen molar-refractivity contribution >= 4 is 64.8 Å². The molecule has 0 aliphatic carbocycles. The van der Waals surface area contributed by atoms with Crippen LogP contribution in [0.3, 0.4) is 0 Å². The van der Waals surface area contributed by atoms with E-state index in [-0.39, 0.29) is 31.4 Å². The Morgan fingerprint density at radius 2 is 1.65 bits per heavy atom. The first-order valence-electron chi connectivity index (χ1n) is 15.9. The smallest absolute Gasteiger partial charge is 0.248 e. The molecule has 1 saturated heterocycles. The number of hydrogen-bond acceptors (Lipinski definition) is 11. The van der Waals surface area contributed by atoms with Crippen molar-refractivity contribution in [2.75, 3.05) is 18.9 Å². The Labute approximate surface area is 287 Å². The summed E-state index contributed by atoms with van der Waals surface area (Å²) >= 11 is 0.925. The summed E-state index contributed by atoms with van der Waals surface area (Å²) in [6, 6.07) is -5.03. The van der Waals surface area contributed by atoms with Gasteiger partial charge >= 0.3 is 0 Å². The molecule has 0 radical (unpaired) electrons. The van der Waals surface area contributed by atoms with E-state index >= 15 is 0 Å². The van der Waals surface area contributed by atoms with Crippen LogP contribution in [0.15, 0.2) is 11.6 Å². The van der Waals surface area contributed by atoms with Gasteiger partial charge in [0.25, 0.3) is 0 Å². The van der Waals surface area contributed by atoms with Gasteiger partial charge in [0, 0.05) is 37.1 Å². The van der Waals surface area contributed by atoms with Crippen LogP contribution >= 0.6 is 11.8 Å². The van der Waals surface area contributed by atoms with Crippen LogP contribution in [0.1, 0.15) is 65.7 Å². The highest BCUT2D eigenvalue weighted by atomic mass is 32.2. The fraction of sp³-hybridized carbons (Fsp3) is 0.633. The average Bonchev–Trinajstić information content (AvgIpc) is 3.06. The quantitative estimate of drug-likeness (QED) is 0.102. The number of rotatable bonds is 11. The second-order valence-electron chi connectivity index (χ2n) is 11.8. The Hall–Kier alpha value is -4.52. The lowest BCUT2D eigenvalue weighted by Crippen LogP contribution is -2.65. The Morgan fingerprint density at radius 3 is 2.29 bits per heavy atom. The molecule has 0 aromatic carbocycles. The van der Waals surface area contributed by atoms with E-state index in [2.05, 4.69) is 37.2 Å². The van der Waals surface area contributed by atoms with Crippen molar-refractivity contribution < 1.29 is 48.3 Å². The van der Waals surface area contributed by atoms with Crippen LogP contribution in [0.2, 0.25) is 0 Å². The number of nitrogens with one attached hydrogen (secondary N) is 7. The predicted molar refractivity (Wildman–Crippen MR) is 175 cm³/mol. The summed E-state index contributed by atoms with van der Waals surface area (Å²) in [5.41, 5.74) is 3.25. The molecular formula is C30H46N8O10S. The van der Waals surface area contributed by atoms with E-state index in [1.807, 2.05) is 0 Å². The molecule has 18 nitrogen and oxygen atoms in total. The third kappa shape index (κ3) is 12.5. The van der Waals surface area contributed by atoms with Gasteiger partial charge in [-0.1, -0.05) is 20.3 Å². The van der Waals surface area contributed by atoms with Crippen molar-refractivity contribution in [3.63, 3.8) is 0 Å². The van der Waals surface area contributed by atoms with Gasteiger partial charge in [0.1, 0.15) is 23.7 Å². The number of aliphatic hydroxyl groups excluding tert-OH is 1. The highest BCUT2D eigenvalue weighted by molar-refractivity contribution is 8.02. The van der Waals surface area contributed by atoms with Gasteiger partial charge < -0.3 is 48.1 Å². The Morgan fingerprint density at radius 1 is 0.980 bits per heavy atom. The van der Waals surface area contributed by atoms with Gasteiger partial charge in [-0.3, -0.25) is 43.2 Å². The Bertz CT molecular complexity index is 1330. The maximum absolute atomic E-state index is 14.3. The van der Waals surface area contributed by atoms with Crippen molar-refractivity contribution in [3.8, 4) is 0 Å². The van der Waals surface area contributed by atoms with Crippen molar-refractivity contribution in [1.82, 2.24) is 37.2 Å². The highest BCUT2D eigenvalue weighted by Gasteiger charge is 2.46. The number of primary amides is 1. The standard InChI is InChI=1S/C30H46N8O10S/c1-4-6-18-26(45)33-13-24(43)38-30(12-17(25(44)35-18)11-21(40)16(3)34-23(42)5-2)15-49-10-9-32-27(46)20(14-39)36-28(47)19(37-29(30)48)7-8-22(31)41/h9-10,16-20,39H,4-8,11-15H2,1-3H3,(H2,31,41)(H,32,46)(H,33,45)(H,34,42)(H,35,44)(H,36,47)(H,37,48)(H,38,43)/b10-9-. The second-order valence-corrected chi connectivity index (χ2v) is 12.7. The second kappa shape index (κ2) is 19.5. The number of aliphatic hydroxyl groups is 1. The van der Waals surface area contributed by atoms with Gasteiger partial charge in [0.2, 0.25) is 47.3 Å². The predicted octanol–water partition coefficient (Wildman–Crippen LogP) is -3.30. The van der Waals surface area contributed by atoms with E-state index in [1.54, 1.807) is 13.8 Å². The van der Waals surface area contributed by atoms with Gasteiger partial charge in [-0.25, -0.2) is 0 Å². The van der Waals surface area contributed by atoms with E-state index < -0.39 is 115 Å². The van der Waals surface area contributed by atoms with E-state index in [1.165, 1.54) is 18.5 Å². The molecule has 6 unspecified atom stereocenters. The summed E-state index contributed by atoms with van der Waals surface area (Å²) in [4.78, 5) is 117. The molecule has 1 spiro atoms. The van der Waals surface area contributed by atoms with Crippen LogP contribution in [-0.2, 0) is 43.2 Å². The summed E-state index contributed by atoms with van der Waals surface area (Å²) in [5.74, 6) is -8.45. The first kappa shape index (κ1) is 40.7. The summed E-state index contributed by atoms with van der Waals surface area (Å²) in [5, 5.41) is 28.5. The van der Waals surface area contributed by atoms with Crippen molar-refractivity contribution in [2.45, 2.75) is 95.4 Å².